The molecule has 0 atom stereocenters. The molecule has 0 saturated carbocycles. The monoisotopic (exact) mass is 418 g/mol. The molecule has 1 amide bonds. The Morgan fingerprint density at radius 1 is 1.22 bits per heavy atom. The molecule has 0 unspecified atom stereocenters. The first-order chi connectivity index (χ1) is 11.2. The van der Waals surface area contributed by atoms with E-state index in [-0.39, 0.29) is 5.91 Å². The summed E-state index contributed by atoms with van der Waals surface area (Å²) in [5, 5.41) is 2.99. The number of hydrogen-bond donors (Lipinski definition) is 1. The van der Waals surface area contributed by atoms with Crippen molar-refractivity contribution < 1.29 is 4.79 Å². The van der Waals surface area contributed by atoms with Crippen molar-refractivity contribution in [2.24, 2.45) is 0 Å². The smallest absolute Gasteiger partial charge is 0.270 e. The summed E-state index contributed by atoms with van der Waals surface area (Å²) in [5.74, 6) is -0.131. The van der Waals surface area contributed by atoms with Crippen molar-refractivity contribution in [1.29, 1.82) is 0 Å². The van der Waals surface area contributed by atoms with Crippen LogP contribution in [0, 0.1) is 3.57 Å². The van der Waals surface area contributed by atoms with Gasteiger partial charge in [0.15, 0.2) is 0 Å². The predicted octanol–water partition coefficient (Wildman–Crippen LogP) is 4.57. The van der Waals surface area contributed by atoms with Crippen LogP contribution in [0.15, 0.2) is 48.7 Å². The molecule has 118 valence electrons. The fourth-order valence-electron chi connectivity index (χ4n) is 2.87. The zero-order valence-electron chi connectivity index (χ0n) is 12.9. The number of aromatic nitrogens is 1. The standard InChI is InChI=1S/C19H19IN2O/c20-16-9-10-17(14-6-2-1-3-7-14)15(12-16)13-22-19(23)18-8-4-5-11-21-18/h4-6,8-12H,1-3,7,13H2,(H,22,23). The van der Waals surface area contributed by atoms with Gasteiger partial charge in [-0.2, -0.15) is 0 Å². The van der Waals surface area contributed by atoms with Gasteiger partial charge in [0.25, 0.3) is 5.91 Å². The minimum atomic E-state index is -0.131. The van der Waals surface area contributed by atoms with Crippen molar-refractivity contribution in [2.75, 3.05) is 0 Å². The van der Waals surface area contributed by atoms with E-state index in [1.165, 1.54) is 33.1 Å². The molecule has 2 aromatic rings. The number of benzene rings is 1. The zero-order valence-corrected chi connectivity index (χ0v) is 15.0. The number of rotatable bonds is 4. The molecule has 0 fully saturated rings. The van der Waals surface area contributed by atoms with Crippen LogP contribution in [-0.2, 0) is 6.54 Å². The molecule has 0 spiro atoms. The summed E-state index contributed by atoms with van der Waals surface area (Å²) in [6.07, 6.45) is 8.79. The van der Waals surface area contributed by atoms with Crippen molar-refractivity contribution in [3.05, 3.63) is 69.1 Å². The van der Waals surface area contributed by atoms with Crippen LogP contribution in [0.1, 0.15) is 47.3 Å². The van der Waals surface area contributed by atoms with Crippen molar-refractivity contribution in [3.8, 4) is 0 Å². The average molecular weight is 418 g/mol. The van der Waals surface area contributed by atoms with E-state index < -0.39 is 0 Å². The van der Waals surface area contributed by atoms with Crippen LogP contribution in [0.4, 0.5) is 0 Å². The first kappa shape index (κ1) is 16.2. The average Bonchev–Trinajstić information content (AvgIpc) is 2.61. The Bertz CT molecular complexity index is 725. The highest BCUT2D eigenvalue weighted by Crippen LogP contribution is 2.30. The Morgan fingerprint density at radius 3 is 2.87 bits per heavy atom. The van der Waals surface area contributed by atoms with Crippen LogP contribution in [0.3, 0.4) is 0 Å². The molecule has 0 radical (unpaired) electrons. The van der Waals surface area contributed by atoms with Crippen molar-refractivity contribution in [3.63, 3.8) is 0 Å². The zero-order chi connectivity index (χ0) is 16.1. The third-order valence-corrected chi connectivity index (χ3v) is 4.71. The van der Waals surface area contributed by atoms with E-state index in [1.807, 2.05) is 12.1 Å². The first-order valence-corrected chi connectivity index (χ1v) is 8.99. The number of carbonyl (C=O) groups is 1. The van der Waals surface area contributed by atoms with Gasteiger partial charge in [0.05, 0.1) is 0 Å². The molecule has 1 aromatic carbocycles. The molecule has 0 saturated heterocycles. The fraction of sp³-hybridized carbons (Fsp3) is 0.263. The van der Waals surface area contributed by atoms with Crippen molar-refractivity contribution in [2.45, 2.75) is 32.2 Å². The van der Waals surface area contributed by atoms with Gasteiger partial charge in [-0.1, -0.05) is 18.2 Å². The highest BCUT2D eigenvalue weighted by molar-refractivity contribution is 14.1. The molecule has 3 nitrogen and oxygen atoms in total. The van der Waals surface area contributed by atoms with E-state index in [0.717, 1.165) is 12.8 Å². The molecule has 1 heterocycles. The summed E-state index contributed by atoms with van der Waals surface area (Å²) in [4.78, 5) is 16.3. The highest BCUT2D eigenvalue weighted by Gasteiger charge is 2.13. The van der Waals surface area contributed by atoms with Gasteiger partial charge < -0.3 is 5.32 Å². The van der Waals surface area contributed by atoms with Gasteiger partial charge in [0.2, 0.25) is 0 Å². The van der Waals surface area contributed by atoms with Gasteiger partial charge in [-0.25, -0.2) is 0 Å². The summed E-state index contributed by atoms with van der Waals surface area (Å²) < 4.78 is 1.19. The van der Waals surface area contributed by atoms with Gasteiger partial charge in [-0.15, -0.1) is 0 Å². The highest BCUT2D eigenvalue weighted by atomic mass is 127. The Balaban J connectivity index is 1.78. The Kier molecular flexibility index (Phi) is 5.43. The lowest BCUT2D eigenvalue weighted by Gasteiger charge is -2.17. The SMILES string of the molecule is O=C(NCc1cc(I)ccc1C1=CCCCC1)c1ccccn1. The third-order valence-electron chi connectivity index (χ3n) is 4.04. The summed E-state index contributed by atoms with van der Waals surface area (Å²) >= 11 is 2.32. The van der Waals surface area contributed by atoms with E-state index in [0.29, 0.717) is 12.2 Å². The minimum absolute atomic E-state index is 0.131. The van der Waals surface area contributed by atoms with Crippen LogP contribution in [0.2, 0.25) is 0 Å². The van der Waals surface area contributed by atoms with Gasteiger partial charge in [0, 0.05) is 16.3 Å². The summed E-state index contributed by atoms with van der Waals surface area (Å²) in [7, 11) is 0. The molecule has 0 aliphatic heterocycles. The number of amides is 1. The van der Waals surface area contributed by atoms with Crippen LogP contribution in [0.25, 0.3) is 5.57 Å². The normalized spacial score (nSPS) is 14.2. The quantitative estimate of drug-likeness (QED) is 0.740. The molecular formula is C19H19IN2O. The maximum absolute atomic E-state index is 12.2. The number of nitrogens with zero attached hydrogens (tertiary/aromatic N) is 1. The van der Waals surface area contributed by atoms with E-state index >= 15 is 0 Å². The molecule has 1 aliphatic rings. The Morgan fingerprint density at radius 2 is 2.13 bits per heavy atom. The molecular weight excluding hydrogens is 399 g/mol. The van der Waals surface area contributed by atoms with Gasteiger partial charge >= 0.3 is 0 Å². The molecule has 1 N–H and O–H groups in total. The molecule has 1 aromatic heterocycles. The lowest BCUT2D eigenvalue weighted by atomic mass is 9.91. The number of halogens is 1. The Labute approximate surface area is 150 Å². The molecule has 23 heavy (non-hydrogen) atoms. The minimum Gasteiger partial charge on any atom is -0.347 e. The summed E-state index contributed by atoms with van der Waals surface area (Å²) in [5.41, 5.74) is 4.31. The third kappa shape index (κ3) is 4.19. The number of carbonyl (C=O) groups excluding carboxylic acids is 1. The second kappa shape index (κ2) is 7.73. The topological polar surface area (TPSA) is 42.0 Å². The molecule has 0 bridgehead atoms. The fourth-order valence-corrected chi connectivity index (χ4v) is 3.42. The van der Waals surface area contributed by atoms with E-state index in [2.05, 4.69) is 57.2 Å². The summed E-state index contributed by atoms with van der Waals surface area (Å²) in [6.45, 7) is 0.527. The van der Waals surface area contributed by atoms with Crippen LogP contribution >= 0.6 is 22.6 Å². The maximum Gasteiger partial charge on any atom is 0.270 e. The lowest BCUT2D eigenvalue weighted by Crippen LogP contribution is -2.24. The molecule has 4 heteroatoms. The first-order valence-electron chi connectivity index (χ1n) is 7.91. The number of pyridine rings is 1. The molecule has 1 aliphatic carbocycles. The van der Waals surface area contributed by atoms with Crippen molar-refractivity contribution >= 4 is 34.1 Å². The van der Waals surface area contributed by atoms with Crippen LogP contribution in [0.5, 0.6) is 0 Å². The Hall–Kier alpha value is -1.69. The lowest BCUT2D eigenvalue weighted by molar-refractivity contribution is 0.0946. The second-order valence-corrected chi connectivity index (χ2v) is 6.92. The number of nitrogens with one attached hydrogen (secondary N) is 1. The van der Waals surface area contributed by atoms with Crippen LogP contribution < -0.4 is 5.32 Å². The van der Waals surface area contributed by atoms with Gasteiger partial charge in [0.1, 0.15) is 5.69 Å². The van der Waals surface area contributed by atoms with Crippen molar-refractivity contribution in [1.82, 2.24) is 10.3 Å². The number of allylic oxidation sites excluding steroid dienone is 2. The largest absolute Gasteiger partial charge is 0.347 e. The van der Waals surface area contributed by atoms with E-state index in [9.17, 15) is 4.79 Å². The molecule has 3 rings (SSSR count). The van der Waals surface area contributed by atoms with E-state index in [1.54, 1.807) is 12.3 Å². The van der Waals surface area contributed by atoms with Crippen LogP contribution in [-0.4, -0.2) is 10.9 Å². The predicted molar refractivity (Wildman–Crippen MR) is 101 cm³/mol. The second-order valence-electron chi connectivity index (χ2n) is 5.67. The van der Waals surface area contributed by atoms with E-state index in [4.69, 9.17) is 0 Å². The summed E-state index contributed by atoms with van der Waals surface area (Å²) in [6, 6.07) is 11.8. The van der Waals surface area contributed by atoms with Gasteiger partial charge in [-0.05, 0) is 89.2 Å². The van der Waals surface area contributed by atoms with Gasteiger partial charge in [-0.3, -0.25) is 9.78 Å². The maximum atomic E-state index is 12.2. The number of hydrogen-bond acceptors (Lipinski definition) is 2.